The predicted octanol–water partition coefficient (Wildman–Crippen LogP) is 4.87. The summed E-state index contributed by atoms with van der Waals surface area (Å²) in [6.45, 7) is 0. The fraction of sp³-hybridized carbons (Fsp3) is 0.192. The number of rotatable bonds is 6. The van der Waals surface area contributed by atoms with E-state index in [1.807, 2.05) is 60.7 Å². The van der Waals surface area contributed by atoms with E-state index >= 15 is 0 Å². The third-order valence-corrected chi connectivity index (χ3v) is 5.57. The summed E-state index contributed by atoms with van der Waals surface area (Å²) in [6.07, 6.45) is 2.10. The van der Waals surface area contributed by atoms with E-state index in [1.165, 1.54) is 0 Å². The number of carbonyl (C=O) groups is 1. The van der Waals surface area contributed by atoms with E-state index in [-0.39, 0.29) is 5.91 Å². The first kappa shape index (κ1) is 20.0. The first-order valence-corrected chi connectivity index (χ1v) is 10.6. The van der Waals surface area contributed by atoms with Crippen molar-refractivity contribution in [3.63, 3.8) is 0 Å². The number of hydrogen-bond donors (Lipinski definition) is 1. The number of amides is 1. The first-order chi connectivity index (χ1) is 15.6. The van der Waals surface area contributed by atoms with Crippen LogP contribution in [0.3, 0.4) is 0 Å². The number of carbonyl (C=O) groups excluding carboxylic acids is 1. The van der Waals surface area contributed by atoms with Gasteiger partial charge in [-0.25, -0.2) is 9.97 Å². The van der Waals surface area contributed by atoms with Crippen LogP contribution < -0.4 is 14.8 Å². The van der Waals surface area contributed by atoms with Gasteiger partial charge in [0.05, 0.1) is 36.6 Å². The van der Waals surface area contributed by atoms with Crippen molar-refractivity contribution < 1.29 is 14.3 Å². The molecule has 0 atom stereocenters. The summed E-state index contributed by atoms with van der Waals surface area (Å²) in [5, 5.41) is 3.03. The van der Waals surface area contributed by atoms with Crippen LogP contribution in [0.2, 0.25) is 0 Å². The molecule has 1 saturated carbocycles. The van der Waals surface area contributed by atoms with Crippen LogP contribution in [0.15, 0.2) is 66.7 Å². The Morgan fingerprint density at radius 1 is 0.781 bits per heavy atom. The van der Waals surface area contributed by atoms with Crippen LogP contribution in [0.4, 0.5) is 0 Å². The van der Waals surface area contributed by atoms with Crippen molar-refractivity contribution in [1.82, 2.24) is 15.3 Å². The Bertz CT molecular complexity index is 1280. The number of hydrogen-bond acceptors (Lipinski definition) is 5. The van der Waals surface area contributed by atoms with E-state index in [0.717, 1.165) is 52.4 Å². The highest BCUT2D eigenvalue weighted by Gasteiger charge is 2.24. The van der Waals surface area contributed by atoms with Gasteiger partial charge < -0.3 is 14.8 Å². The zero-order valence-electron chi connectivity index (χ0n) is 18.0. The Morgan fingerprint density at radius 3 is 1.81 bits per heavy atom. The molecule has 1 aromatic heterocycles. The van der Waals surface area contributed by atoms with Crippen LogP contribution in [0.1, 0.15) is 23.2 Å². The summed E-state index contributed by atoms with van der Waals surface area (Å²) >= 11 is 0. The van der Waals surface area contributed by atoms with Gasteiger partial charge in [0.15, 0.2) is 0 Å². The van der Waals surface area contributed by atoms with E-state index in [2.05, 4.69) is 5.32 Å². The largest absolute Gasteiger partial charge is 0.497 e. The molecule has 6 heteroatoms. The van der Waals surface area contributed by atoms with E-state index in [1.54, 1.807) is 20.3 Å². The summed E-state index contributed by atoms with van der Waals surface area (Å²) in [7, 11) is 3.28. The van der Waals surface area contributed by atoms with Gasteiger partial charge >= 0.3 is 0 Å². The number of nitrogens with zero attached hydrogens (tertiary/aromatic N) is 2. The normalized spacial score (nSPS) is 13.1. The van der Waals surface area contributed by atoms with Crippen molar-refractivity contribution in [3.8, 4) is 34.0 Å². The second kappa shape index (κ2) is 8.30. The van der Waals surface area contributed by atoms with Gasteiger partial charge in [0, 0.05) is 22.7 Å². The van der Waals surface area contributed by atoms with Crippen LogP contribution in [-0.2, 0) is 0 Å². The molecule has 1 aliphatic rings. The fourth-order valence-electron chi connectivity index (χ4n) is 3.59. The van der Waals surface area contributed by atoms with E-state index in [4.69, 9.17) is 19.4 Å². The number of ether oxygens (including phenoxy) is 2. The molecule has 32 heavy (non-hydrogen) atoms. The van der Waals surface area contributed by atoms with Crippen molar-refractivity contribution in [2.75, 3.05) is 14.2 Å². The Kier molecular flexibility index (Phi) is 5.19. The molecule has 0 unspecified atom stereocenters. The summed E-state index contributed by atoms with van der Waals surface area (Å²) in [4.78, 5) is 22.4. The molecule has 1 aliphatic carbocycles. The minimum absolute atomic E-state index is 0.0681. The maximum absolute atomic E-state index is 12.5. The lowest BCUT2D eigenvalue weighted by Gasteiger charge is -2.12. The van der Waals surface area contributed by atoms with Gasteiger partial charge in [-0.05, 0) is 79.6 Å². The number of nitrogens with one attached hydrogen (secondary N) is 1. The molecule has 1 fully saturated rings. The Hall–Kier alpha value is -3.93. The molecule has 6 nitrogen and oxygen atoms in total. The number of methoxy groups -OCH3 is 2. The van der Waals surface area contributed by atoms with Gasteiger partial charge in [-0.1, -0.05) is 0 Å². The van der Waals surface area contributed by atoms with Gasteiger partial charge in [-0.3, -0.25) is 4.79 Å². The number of fused-ring (bicyclic) bond motifs is 1. The number of aromatic nitrogens is 2. The minimum atomic E-state index is -0.0681. The van der Waals surface area contributed by atoms with Crippen molar-refractivity contribution in [2.24, 2.45) is 0 Å². The molecular formula is C26H23N3O3. The van der Waals surface area contributed by atoms with Crippen molar-refractivity contribution in [3.05, 3.63) is 72.3 Å². The highest BCUT2D eigenvalue weighted by molar-refractivity contribution is 5.98. The summed E-state index contributed by atoms with van der Waals surface area (Å²) in [6, 6.07) is 21.3. The third-order valence-electron chi connectivity index (χ3n) is 5.57. The van der Waals surface area contributed by atoms with Crippen molar-refractivity contribution >= 4 is 16.9 Å². The monoisotopic (exact) mass is 425 g/mol. The maximum Gasteiger partial charge on any atom is 0.251 e. The maximum atomic E-state index is 12.5. The molecule has 1 heterocycles. The molecule has 0 radical (unpaired) electrons. The van der Waals surface area contributed by atoms with Gasteiger partial charge in [0.1, 0.15) is 11.5 Å². The molecular weight excluding hydrogens is 402 g/mol. The summed E-state index contributed by atoms with van der Waals surface area (Å²) in [5.41, 5.74) is 5.36. The lowest BCUT2D eigenvalue weighted by atomic mass is 10.0. The molecule has 0 aliphatic heterocycles. The lowest BCUT2D eigenvalue weighted by Crippen LogP contribution is -2.25. The highest BCUT2D eigenvalue weighted by Crippen LogP contribution is 2.33. The van der Waals surface area contributed by atoms with E-state index in [0.29, 0.717) is 17.1 Å². The zero-order valence-corrected chi connectivity index (χ0v) is 18.0. The molecule has 5 rings (SSSR count). The predicted molar refractivity (Wildman–Crippen MR) is 124 cm³/mol. The van der Waals surface area contributed by atoms with Gasteiger partial charge in [0.25, 0.3) is 5.91 Å². The molecule has 1 N–H and O–H groups in total. The Morgan fingerprint density at radius 2 is 1.31 bits per heavy atom. The SMILES string of the molecule is COc1ccc(-c2nc3ccc(C(=O)NC4CC4)cc3nc2-c2ccc(OC)cc2)cc1. The van der Waals surface area contributed by atoms with Crippen molar-refractivity contribution in [1.29, 1.82) is 0 Å². The molecule has 0 bridgehead atoms. The van der Waals surface area contributed by atoms with Crippen LogP contribution in [0.25, 0.3) is 33.5 Å². The number of benzene rings is 3. The van der Waals surface area contributed by atoms with Gasteiger partial charge in [-0.15, -0.1) is 0 Å². The Balaban J connectivity index is 1.64. The van der Waals surface area contributed by atoms with Crippen molar-refractivity contribution in [2.45, 2.75) is 18.9 Å². The van der Waals surface area contributed by atoms with Crippen LogP contribution in [0.5, 0.6) is 11.5 Å². The average molecular weight is 425 g/mol. The minimum Gasteiger partial charge on any atom is -0.497 e. The zero-order chi connectivity index (χ0) is 22.1. The van der Waals surface area contributed by atoms with Gasteiger partial charge in [0.2, 0.25) is 0 Å². The summed E-state index contributed by atoms with van der Waals surface area (Å²) < 4.78 is 10.6. The third kappa shape index (κ3) is 3.99. The fourth-order valence-corrected chi connectivity index (χ4v) is 3.59. The van der Waals surface area contributed by atoms with Gasteiger partial charge in [-0.2, -0.15) is 0 Å². The molecule has 0 saturated heterocycles. The Labute approximate surface area is 186 Å². The smallest absolute Gasteiger partial charge is 0.251 e. The standard InChI is InChI=1S/C26H23N3O3/c1-31-20-10-3-16(4-11-20)24-25(17-5-12-21(32-2)13-6-17)29-23-15-18(7-14-22(23)28-24)26(30)27-19-8-9-19/h3-7,10-15,19H,8-9H2,1-2H3,(H,27,30). The average Bonchev–Trinajstić information content (AvgIpc) is 3.67. The lowest BCUT2D eigenvalue weighted by molar-refractivity contribution is 0.0951. The van der Waals surface area contributed by atoms with Crippen LogP contribution in [-0.4, -0.2) is 36.1 Å². The van der Waals surface area contributed by atoms with Crippen LogP contribution >= 0.6 is 0 Å². The first-order valence-electron chi connectivity index (χ1n) is 10.6. The van der Waals surface area contributed by atoms with E-state index < -0.39 is 0 Å². The topological polar surface area (TPSA) is 73.3 Å². The summed E-state index contributed by atoms with van der Waals surface area (Å²) in [5.74, 6) is 1.48. The molecule has 0 spiro atoms. The molecule has 3 aromatic carbocycles. The van der Waals surface area contributed by atoms with E-state index in [9.17, 15) is 4.79 Å². The quantitative estimate of drug-likeness (QED) is 0.477. The molecule has 160 valence electrons. The second-order valence-corrected chi connectivity index (χ2v) is 7.83. The molecule has 4 aromatic rings. The van der Waals surface area contributed by atoms with Crippen LogP contribution in [0, 0.1) is 0 Å². The highest BCUT2D eigenvalue weighted by atomic mass is 16.5. The second-order valence-electron chi connectivity index (χ2n) is 7.83. The molecule has 1 amide bonds.